The summed E-state index contributed by atoms with van der Waals surface area (Å²) in [5.41, 5.74) is 1.73. The van der Waals surface area contributed by atoms with Crippen molar-refractivity contribution in [1.29, 1.82) is 0 Å². The Morgan fingerprint density at radius 3 is 2.15 bits per heavy atom. The average Bonchev–Trinajstić information content (AvgIpc) is 3.39. The smallest absolute Gasteiger partial charge is 0.253 e. The van der Waals surface area contributed by atoms with Crippen molar-refractivity contribution in [3.05, 3.63) is 69.7 Å². The third-order valence-electron chi connectivity index (χ3n) is 9.37. The molecule has 3 heterocycles. The normalized spacial score (nSPS) is 24.3. The first kappa shape index (κ1) is 28.9. The number of piperidine rings is 2. The fourth-order valence-electron chi connectivity index (χ4n) is 6.92. The number of halogens is 2. The van der Waals surface area contributed by atoms with Crippen molar-refractivity contribution in [2.45, 2.75) is 43.9 Å². The summed E-state index contributed by atoms with van der Waals surface area (Å²) in [4.78, 5) is 17.9. The number of benzene rings is 2. The molecule has 6 nitrogen and oxygen atoms in total. The van der Waals surface area contributed by atoms with Gasteiger partial charge in [0.1, 0.15) is 0 Å². The first-order valence-corrected chi connectivity index (χ1v) is 16.7. The molecular weight excluding hydrogens is 553 g/mol. The fourth-order valence-corrected chi connectivity index (χ4v) is 8.09. The maximum atomic E-state index is 13.3. The molecule has 3 fully saturated rings. The first-order chi connectivity index (χ1) is 18.6. The Morgan fingerprint density at radius 2 is 1.54 bits per heavy atom. The molecule has 0 saturated carbocycles. The molecule has 1 atom stereocenters. The van der Waals surface area contributed by atoms with E-state index in [0.29, 0.717) is 41.5 Å². The third kappa shape index (κ3) is 6.65. The number of rotatable bonds is 7. The van der Waals surface area contributed by atoms with Crippen LogP contribution in [-0.2, 0) is 15.4 Å². The zero-order valence-electron chi connectivity index (χ0n) is 22.7. The van der Waals surface area contributed by atoms with Crippen molar-refractivity contribution >= 4 is 39.1 Å². The number of nitrogens with zero attached hydrogens (tertiary/aromatic N) is 3. The molecule has 9 heteroatoms. The van der Waals surface area contributed by atoms with E-state index in [0.717, 1.165) is 63.0 Å². The first-order valence-electron chi connectivity index (χ1n) is 14.1. The molecule has 3 saturated heterocycles. The average molecular weight is 593 g/mol. The molecule has 1 unspecified atom stereocenters. The van der Waals surface area contributed by atoms with Gasteiger partial charge in [-0.3, -0.25) is 4.79 Å². The molecule has 0 N–H and O–H groups in total. The Labute approximate surface area is 243 Å². The minimum atomic E-state index is -3.08. The summed E-state index contributed by atoms with van der Waals surface area (Å²) < 4.78 is 25.4. The van der Waals surface area contributed by atoms with E-state index in [4.69, 9.17) is 23.2 Å². The molecular formula is C30H39Cl2N3O3S. The van der Waals surface area contributed by atoms with E-state index in [1.165, 1.54) is 19.1 Å². The van der Waals surface area contributed by atoms with Crippen LogP contribution in [-0.4, -0.2) is 80.5 Å². The molecule has 1 amide bonds. The number of carbonyl (C=O) groups is 1. The minimum absolute atomic E-state index is 0.0836. The van der Waals surface area contributed by atoms with E-state index in [1.54, 1.807) is 4.31 Å². The highest BCUT2D eigenvalue weighted by atomic mass is 35.5. The van der Waals surface area contributed by atoms with Crippen LogP contribution in [0.1, 0.15) is 54.4 Å². The van der Waals surface area contributed by atoms with Crippen molar-refractivity contribution in [2.24, 2.45) is 11.8 Å². The van der Waals surface area contributed by atoms with E-state index < -0.39 is 10.0 Å². The van der Waals surface area contributed by atoms with Crippen LogP contribution in [0.15, 0.2) is 48.5 Å². The third-order valence-corrected chi connectivity index (χ3v) is 11.4. The zero-order chi connectivity index (χ0) is 27.6. The quantitative estimate of drug-likeness (QED) is 0.423. The molecule has 0 bridgehead atoms. The van der Waals surface area contributed by atoms with Crippen LogP contribution in [0.25, 0.3) is 0 Å². The largest absolute Gasteiger partial charge is 0.338 e. The van der Waals surface area contributed by atoms with E-state index in [-0.39, 0.29) is 11.3 Å². The van der Waals surface area contributed by atoms with Gasteiger partial charge in [0.2, 0.25) is 10.0 Å². The van der Waals surface area contributed by atoms with Gasteiger partial charge in [-0.25, -0.2) is 12.7 Å². The van der Waals surface area contributed by atoms with Crippen LogP contribution in [0.3, 0.4) is 0 Å². The number of carbonyl (C=O) groups excluding carboxylic acids is 1. The standard InChI is InChI=1S/C30H39Cl2N3O3S/c1-39(37,38)35-17-11-24(12-18-35)23-9-15-33(16-10-23)19-13-30(26-7-8-27(31)28(32)21-26)14-20-34(22-30)29(36)25-5-3-2-4-6-25/h2-8,21,23-24H,9-20,22H2,1H3. The molecule has 2 aromatic rings. The van der Waals surface area contributed by atoms with Crippen LogP contribution in [0.4, 0.5) is 0 Å². The highest BCUT2D eigenvalue weighted by Crippen LogP contribution is 2.41. The van der Waals surface area contributed by atoms with Gasteiger partial charge in [0.05, 0.1) is 16.3 Å². The summed E-state index contributed by atoms with van der Waals surface area (Å²) in [6.45, 7) is 5.84. The Hall–Kier alpha value is -1.64. The van der Waals surface area contributed by atoms with Gasteiger partial charge in [-0.15, -0.1) is 0 Å². The van der Waals surface area contributed by atoms with Gasteiger partial charge < -0.3 is 9.80 Å². The Kier molecular flexibility index (Phi) is 8.94. The summed E-state index contributed by atoms with van der Waals surface area (Å²) >= 11 is 12.7. The Balaban J connectivity index is 1.21. The second-order valence-corrected chi connectivity index (χ2v) is 14.5. The van der Waals surface area contributed by atoms with Crippen molar-refractivity contribution in [3.8, 4) is 0 Å². The van der Waals surface area contributed by atoms with Crippen LogP contribution >= 0.6 is 23.2 Å². The molecule has 0 spiro atoms. The maximum absolute atomic E-state index is 13.3. The SMILES string of the molecule is CS(=O)(=O)N1CCC(C2CCN(CCC3(c4ccc(Cl)c(Cl)c4)CCN(C(=O)c4ccccc4)C3)CC2)CC1. The highest BCUT2D eigenvalue weighted by Gasteiger charge is 2.42. The maximum Gasteiger partial charge on any atom is 0.253 e. The number of hydrogen-bond acceptors (Lipinski definition) is 4. The van der Waals surface area contributed by atoms with Gasteiger partial charge in [0.15, 0.2) is 0 Å². The van der Waals surface area contributed by atoms with Gasteiger partial charge in [0, 0.05) is 37.2 Å². The van der Waals surface area contributed by atoms with Gasteiger partial charge in [-0.2, -0.15) is 0 Å². The second kappa shape index (κ2) is 12.1. The number of hydrogen-bond donors (Lipinski definition) is 0. The highest BCUT2D eigenvalue weighted by molar-refractivity contribution is 7.88. The van der Waals surface area contributed by atoms with Gasteiger partial charge >= 0.3 is 0 Å². The summed E-state index contributed by atoms with van der Waals surface area (Å²) in [5.74, 6) is 1.39. The lowest BCUT2D eigenvalue weighted by molar-refractivity contribution is 0.0777. The molecule has 39 heavy (non-hydrogen) atoms. The van der Waals surface area contributed by atoms with Crippen LogP contribution in [0.2, 0.25) is 10.0 Å². The predicted octanol–water partition coefficient (Wildman–Crippen LogP) is 5.55. The number of likely N-dealkylation sites (tertiary alicyclic amines) is 2. The van der Waals surface area contributed by atoms with Gasteiger partial charge in [-0.05, 0) is 99.8 Å². The zero-order valence-corrected chi connectivity index (χ0v) is 25.0. The van der Waals surface area contributed by atoms with Crippen molar-refractivity contribution in [2.75, 3.05) is 52.1 Å². The monoisotopic (exact) mass is 591 g/mol. The lowest BCUT2D eigenvalue weighted by atomic mass is 9.76. The summed E-state index contributed by atoms with van der Waals surface area (Å²) in [5, 5.41) is 1.11. The van der Waals surface area contributed by atoms with Gasteiger partial charge in [-0.1, -0.05) is 47.5 Å². The van der Waals surface area contributed by atoms with Crippen LogP contribution in [0, 0.1) is 11.8 Å². The Morgan fingerprint density at radius 1 is 0.897 bits per heavy atom. The molecule has 212 valence electrons. The summed E-state index contributed by atoms with van der Waals surface area (Å²) in [6, 6.07) is 15.5. The molecule has 3 aliphatic rings. The minimum Gasteiger partial charge on any atom is -0.338 e. The molecule has 0 radical (unpaired) electrons. The van der Waals surface area contributed by atoms with Crippen molar-refractivity contribution < 1.29 is 13.2 Å². The number of sulfonamides is 1. The van der Waals surface area contributed by atoms with E-state index in [9.17, 15) is 13.2 Å². The van der Waals surface area contributed by atoms with Crippen molar-refractivity contribution in [3.63, 3.8) is 0 Å². The lowest BCUT2D eigenvalue weighted by Gasteiger charge is -2.40. The van der Waals surface area contributed by atoms with Crippen molar-refractivity contribution in [1.82, 2.24) is 14.1 Å². The molecule has 5 rings (SSSR count). The predicted molar refractivity (Wildman–Crippen MR) is 158 cm³/mol. The topological polar surface area (TPSA) is 60.9 Å². The lowest BCUT2D eigenvalue weighted by Crippen LogP contribution is -2.43. The van der Waals surface area contributed by atoms with E-state index in [2.05, 4.69) is 11.0 Å². The van der Waals surface area contributed by atoms with E-state index in [1.807, 2.05) is 47.4 Å². The molecule has 2 aromatic carbocycles. The molecule has 0 aliphatic carbocycles. The second-order valence-electron chi connectivity index (χ2n) is 11.7. The van der Waals surface area contributed by atoms with Crippen LogP contribution < -0.4 is 0 Å². The van der Waals surface area contributed by atoms with Crippen LogP contribution in [0.5, 0.6) is 0 Å². The summed E-state index contributed by atoms with van der Waals surface area (Å²) in [7, 11) is -3.08. The molecule has 0 aromatic heterocycles. The summed E-state index contributed by atoms with van der Waals surface area (Å²) in [6.07, 6.45) is 7.47. The molecule has 3 aliphatic heterocycles. The van der Waals surface area contributed by atoms with E-state index >= 15 is 0 Å². The number of amides is 1. The fraction of sp³-hybridized carbons (Fsp3) is 0.567. The van der Waals surface area contributed by atoms with Gasteiger partial charge in [0.25, 0.3) is 5.91 Å². The Bertz CT molecular complexity index is 1260.